The van der Waals surface area contributed by atoms with E-state index >= 15 is 0 Å². The van der Waals surface area contributed by atoms with Crippen LogP contribution in [-0.4, -0.2) is 30.2 Å². The van der Waals surface area contributed by atoms with Crippen LogP contribution in [0.5, 0.6) is 5.75 Å². The Morgan fingerprint density at radius 3 is 2.62 bits per heavy atom. The Balaban J connectivity index is 1.86. The number of aryl methyl sites for hydroxylation is 1. The van der Waals surface area contributed by atoms with Gasteiger partial charge in [0.05, 0.1) is 18.7 Å². The topological polar surface area (TPSA) is 50.6 Å². The van der Waals surface area contributed by atoms with E-state index in [-0.39, 0.29) is 12.4 Å². The average Bonchev–Trinajstić information content (AvgIpc) is 3.01. The molecule has 1 aromatic heterocycles. The standard InChI is InChI=1S/C18H23F3N4O/c1-3-22-17(24-12-14-8-10-25(2)13-14)23-9-11-26-16-7-5-4-6-15(16)18(19,20)21/h4-8,10,13H,3,9,11-12H2,1-2H3,(H2,22,23,24). The largest absolute Gasteiger partial charge is 0.491 e. The molecule has 2 rings (SSSR count). The minimum absolute atomic E-state index is 0.0862. The van der Waals surface area contributed by atoms with Crippen molar-refractivity contribution in [1.82, 2.24) is 15.2 Å². The number of halogens is 3. The van der Waals surface area contributed by atoms with Crippen LogP contribution in [0.2, 0.25) is 0 Å². The van der Waals surface area contributed by atoms with E-state index in [1.54, 1.807) is 0 Å². The zero-order valence-corrected chi connectivity index (χ0v) is 14.8. The van der Waals surface area contributed by atoms with Gasteiger partial charge in [-0.05, 0) is 30.7 Å². The zero-order valence-electron chi connectivity index (χ0n) is 14.8. The Morgan fingerprint density at radius 2 is 1.96 bits per heavy atom. The fourth-order valence-corrected chi connectivity index (χ4v) is 2.32. The Hall–Kier alpha value is -2.64. The van der Waals surface area contributed by atoms with E-state index in [1.165, 1.54) is 18.2 Å². The summed E-state index contributed by atoms with van der Waals surface area (Å²) in [6.07, 6.45) is -0.516. The van der Waals surface area contributed by atoms with Crippen molar-refractivity contribution in [3.05, 3.63) is 53.9 Å². The van der Waals surface area contributed by atoms with Gasteiger partial charge in [-0.25, -0.2) is 4.99 Å². The fourth-order valence-electron chi connectivity index (χ4n) is 2.32. The molecular formula is C18H23F3N4O. The van der Waals surface area contributed by atoms with Crippen LogP contribution >= 0.6 is 0 Å². The van der Waals surface area contributed by atoms with Gasteiger partial charge in [-0.2, -0.15) is 13.2 Å². The SMILES string of the molecule is CCNC(=NCc1ccn(C)c1)NCCOc1ccccc1C(F)(F)F. The first kappa shape index (κ1) is 19.7. The number of rotatable bonds is 7. The Labute approximate surface area is 150 Å². The predicted molar refractivity (Wildman–Crippen MR) is 95.2 cm³/mol. The summed E-state index contributed by atoms with van der Waals surface area (Å²) < 4.78 is 46.0. The van der Waals surface area contributed by atoms with Crippen molar-refractivity contribution < 1.29 is 17.9 Å². The van der Waals surface area contributed by atoms with Crippen LogP contribution in [0.25, 0.3) is 0 Å². The van der Waals surface area contributed by atoms with Gasteiger partial charge in [0.2, 0.25) is 0 Å². The number of hydrogen-bond acceptors (Lipinski definition) is 2. The van der Waals surface area contributed by atoms with Crippen molar-refractivity contribution in [2.24, 2.45) is 12.0 Å². The van der Waals surface area contributed by atoms with Gasteiger partial charge >= 0.3 is 6.18 Å². The number of nitrogens with one attached hydrogen (secondary N) is 2. The van der Waals surface area contributed by atoms with E-state index in [1.807, 2.05) is 37.0 Å². The summed E-state index contributed by atoms with van der Waals surface area (Å²) in [5.41, 5.74) is 0.296. The summed E-state index contributed by atoms with van der Waals surface area (Å²) >= 11 is 0. The van der Waals surface area contributed by atoms with Gasteiger partial charge in [0.15, 0.2) is 5.96 Å². The van der Waals surface area contributed by atoms with Gasteiger partial charge in [0, 0.05) is 26.0 Å². The maximum atomic E-state index is 12.9. The highest BCUT2D eigenvalue weighted by molar-refractivity contribution is 5.79. The van der Waals surface area contributed by atoms with Crippen molar-refractivity contribution in [3.8, 4) is 5.75 Å². The highest BCUT2D eigenvalue weighted by Gasteiger charge is 2.33. The second-order valence-corrected chi connectivity index (χ2v) is 5.65. The molecule has 0 fully saturated rings. The van der Waals surface area contributed by atoms with Crippen LogP contribution in [0, 0.1) is 0 Å². The lowest BCUT2D eigenvalue weighted by molar-refractivity contribution is -0.138. The third kappa shape index (κ3) is 6.02. The normalized spacial score (nSPS) is 12.1. The molecule has 0 amide bonds. The molecule has 0 aliphatic carbocycles. The first-order chi connectivity index (χ1) is 12.4. The molecule has 1 aromatic carbocycles. The van der Waals surface area contributed by atoms with Crippen molar-refractivity contribution in [2.45, 2.75) is 19.6 Å². The maximum Gasteiger partial charge on any atom is 0.419 e. The Bertz CT molecular complexity index is 725. The Morgan fingerprint density at radius 1 is 1.19 bits per heavy atom. The van der Waals surface area contributed by atoms with Crippen molar-refractivity contribution >= 4 is 5.96 Å². The monoisotopic (exact) mass is 368 g/mol. The summed E-state index contributed by atoms with van der Waals surface area (Å²) in [6, 6.07) is 7.16. The summed E-state index contributed by atoms with van der Waals surface area (Å²) in [5, 5.41) is 6.14. The summed E-state index contributed by atoms with van der Waals surface area (Å²) in [6.45, 7) is 3.54. The lowest BCUT2D eigenvalue weighted by atomic mass is 10.2. The number of aliphatic imine (C=N–C) groups is 1. The molecule has 1 heterocycles. The molecule has 5 nitrogen and oxygen atoms in total. The number of aromatic nitrogens is 1. The van der Waals surface area contributed by atoms with E-state index < -0.39 is 11.7 Å². The smallest absolute Gasteiger partial charge is 0.419 e. The zero-order chi connectivity index (χ0) is 19.0. The average molecular weight is 368 g/mol. The van der Waals surface area contributed by atoms with E-state index in [9.17, 15) is 13.2 Å². The molecule has 0 aliphatic heterocycles. The van der Waals surface area contributed by atoms with E-state index in [2.05, 4.69) is 15.6 Å². The number of alkyl halides is 3. The first-order valence-electron chi connectivity index (χ1n) is 8.32. The second kappa shape index (κ2) is 9.17. The van der Waals surface area contributed by atoms with E-state index in [0.717, 1.165) is 11.6 Å². The highest BCUT2D eigenvalue weighted by Crippen LogP contribution is 2.35. The second-order valence-electron chi connectivity index (χ2n) is 5.65. The predicted octanol–water partition coefficient (Wildman–Crippen LogP) is 3.18. The molecule has 2 N–H and O–H groups in total. The quantitative estimate of drug-likeness (QED) is 0.448. The van der Waals surface area contributed by atoms with Crippen molar-refractivity contribution in [3.63, 3.8) is 0 Å². The Kier molecular flexibility index (Phi) is 6.94. The molecule has 8 heteroatoms. The molecule has 0 atom stereocenters. The van der Waals surface area contributed by atoms with Crippen LogP contribution < -0.4 is 15.4 Å². The van der Waals surface area contributed by atoms with E-state index in [0.29, 0.717) is 25.6 Å². The van der Waals surface area contributed by atoms with E-state index in [4.69, 9.17) is 4.74 Å². The first-order valence-corrected chi connectivity index (χ1v) is 8.32. The number of guanidine groups is 1. The lowest BCUT2D eigenvalue weighted by Gasteiger charge is -2.15. The van der Waals surface area contributed by atoms with Gasteiger partial charge < -0.3 is 19.9 Å². The highest BCUT2D eigenvalue weighted by atomic mass is 19.4. The minimum atomic E-state index is -4.43. The van der Waals surface area contributed by atoms with Crippen LogP contribution in [0.3, 0.4) is 0 Å². The van der Waals surface area contributed by atoms with Crippen molar-refractivity contribution in [1.29, 1.82) is 0 Å². The maximum absolute atomic E-state index is 12.9. The number of hydrogen-bond donors (Lipinski definition) is 2. The van der Waals surface area contributed by atoms with Gasteiger partial charge in [-0.3, -0.25) is 0 Å². The minimum Gasteiger partial charge on any atom is -0.491 e. The molecule has 0 aliphatic rings. The fraction of sp³-hybridized carbons (Fsp3) is 0.389. The van der Waals surface area contributed by atoms with Gasteiger partial charge in [0.25, 0.3) is 0 Å². The summed E-state index contributed by atoms with van der Waals surface area (Å²) in [5.74, 6) is 0.414. The third-order valence-corrected chi connectivity index (χ3v) is 3.50. The molecule has 0 saturated heterocycles. The molecule has 0 bridgehead atoms. The molecule has 0 unspecified atom stereocenters. The molecular weight excluding hydrogens is 345 g/mol. The summed E-state index contributed by atoms with van der Waals surface area (Å²) in [7, 11) is 1.94. The van der Waals surface area contributed by atoms with Gasteiger partial charge in [0.1, 0.15) is 12.4 Å². The third-order valence-electron chi connectivity index (χ3n) is 3.50. The van der Waals surface area contributed by atoms with Gasteiger partial charge in [-0.15, -0.1) is 0 Å². The molecule has 0 saturated carbocycles. The van der Waals surface area contributed by atoms with Gasteiger partial charge in [-0.1, -0.05) is 12.1 Å². The lowest BCUT2D eigenvalue weighted by Crippen LogP contribution is -2.39. The molecule has 2 aromatic rings. The van der Waals surface area contributed by atoms with Crippen molar-refractivity contribution in [2.75, 3.05) is 19.7 Å². The molecule has 0 spiro atoms. The summed E-state index contributed by atoms with van der Waals surface area (Å²) in [4.78, 5) is 4.44. The molecule has 0 radical (unpaired) electrons. The number of benzene rings is 1. The van der Waals surface area contributed by atoms with Crippen LogP contribution in [0.4, 0.5) is 13.2 Å². The molecule has 142 valence electrons. The van der Waals surface area contributed by atoms with Crippen LogP contribution in [-0.2, 0) is 19.8 Å². The molecule has 26 heavy (non-hydrogen) atoms. The number of ether oxygens (including phenoxy) is 1. The number of nitrogens with zero attached hydrogens (tertiary/aromatic N) is 2. The van der Waals surface area contributed by atoms with Crippen LogP contribution in [0.15, 0.2) is 47.7 Å². The van der Waals surface area contributed by atoms with Crippen LogP contribution in [0.1, 0.15) is 18.1 Å². The number of para-hydroxylation sites is 1.